The maximum Gasteiger partial charge on any atom is 0.269 e. The summed E-state index contributed by atoms with van der Waals surface area (Å²) < 4.78 is 0. The Morgan fingerprint density at radius 1 is 1.00 bits per heavy atom. The molecule has 4 bridgehead atoms. The Morgan fingerprint density at radius 2 is 1.72 bits per heavy atom. The topological polar surface area (TPSA) is 42.0 Å². The summed E-state index contributed by atoms with van der Waals surface area (Å²) in [4.78, 5) is 17.6. The molecule has 1 N–H and O–H groups in total. The van der Waals surface area contributed by atoms with Crippen LogP contribution in [0.15, 0.2) is 30.3 Å². The van der Waals surface area contributed by atoms with E-state index in [2.05, 4.69) is 36.5 Å². The highest BCUT2D eigenvalue weighted by Gasteiger charge is 2.49. The predicted molar refractivity (Wildman–Crippen MR) is 118 cm³/mol. The predicted octanol–water partition coefficient (Wildman–Crippen LogP) is 6.08. The van der Waals surface area contributed by atoms with Crippen LogP contribution in [0.25, 0.3) is 10.9 Å². The molecule has 1 aromatic heterocycles. The van der Waals surface area contributed by atoms with E-state index in [1.54, 1.807) is 0 Å². The lowest BCUT2D eigenvalue weighted by Crippen LogP contribution is -2.43. The van der Waals surface area contributed by atoms with Crippen molar-refractivity contribution in [3.8, 4) is 0 Å². The number of pyridine rings is 1. The summed E-state index contributed by atoms with van der Waals surface area (Å²) in [6.07, 6.45) is 11.7. The van der Waals surface area contributed by atoms with Crippen LogP contribution < -0.4 is 5.32 Å². The van der Waals surface area contributed by atoms with E-state index < -0.39 is 0 Å². The van der Waals surface area contributed by atoms with Crippen molar-refractivity contribution in [2.24, 2.45) is 23.7 Å². The van der Waals surface area contributed by atoms with Crippen molar-refractivity contribution in [3.05, 3.63) is 41.6 Å². The summed E-state index contributed by atoms with van der Waals surface area (Å²) in [5, 5.41) is 4.38. The smallest absolute Gasteiger partial charge is 0.269 e. The van der Waals surface area contributed by atoms with Crippen LogP contribution in [0.4, 0.5) is 0 Å². The lowest BCUT2D eigenvalue weighted by Gasteiger charge is -2.54. The second-order valence-electron chi connectivity index (χ2n) is 9.89. The Labute approximate surface area is 174 Å². The van der Waals surface area contributed by atoms with Crippen LogP contribution in [0.5, 0.6) is 0 Å². The van der Waals surface area contributed by atoms with Crippen molar-refractivity contribution in [3.63, 3.8) is 0 Å². The third-order valence-electron chi connectivity index (χ3n) is 7.88. The molecule has 4 fully saturated rings. The number of unbranched alkanes of at least 4 members (excludes halogenated alkanes) is 3. The van der Waals surface area contributed by atoms with Gasteiger partial charge in [-0.3, -0.25) is 4.79 Å². The monoisotopic (exact) mass is 390 g/mol. The zero-order chi connectivity index (χ0) is 19.8. The molecule has 0 saturated heterocycles. The molecule has 154 valence electrons. The van der Waals surface area contributed by atoms with Crippen LogP contribution in [0.1, 0.15) is 86.7 Å². The molecular weight excluding hydrogens is 356 g/mol. The highest BCUT2D eigenvalue weighted by molar-refractivity contribution is 5.96. The fourth-order valence-electron chi connectivity index (χ4n) is 6.87. The molecule has 6 rings (SSSR count). The van der Waals surface area contributed by atoms with Crippen molar-refractivity contribution in [2.45, 2.75) is 70.6 Å². The van der Waals surface area contributed by atoms with Crippen molar-refractivity contribution in [1.29, 1.82) is 0 Å². The van der Waals surface area contributed by atoms with Gasteiger partial charge in [0, 0.05) is 11.9 Å². The Kier molecular flexibility index (Phi) is 5.32. The highest BCUT2D eigenvalue weighted by Crippen LogP contribution is 2.60. The number of benzene rings is 1. The summed E-state index contributed by atoms with van der Waals surface area (Å²) in [5.41, 5.74) is 3.00. The van der Waals surface area contributed by atoms with E-state index in [4.69, 9.17) is 4.98 Å². The third kappa shape index (κ3) is 3.69. The van der Waals surface area contributed by atoms with Crippen molar-refractivity contribution < 1.29 is 4.79 Å². The second kappa shape index (κ2) is 8.08. The van der Waals surface area contributed by atoms with E-state index in [9.17, 15) is 4.79 Å². The van der Waals surface area contributed by atoms with E-state index in [0.29, 0.717) is 11.6 Å². The van der Waals surface area contributed by atoms with Gasteiger partial charge in [-0.1, -0.05) is 44.4 Å². The zero-order valence-electron chi connectivity index (χ0n) is 17.7. The lowest BCUT2D eigenvalue weighted by atomic mass is 9.50. The van der Waals surface area contributed by atoms with Crippen molar-refractivity contribution >= 4 is 16.8 Å². The number of rotatable bonds is 7. The van der Waals surface area contributed by atoms with E-state index in [1.165, 1.54) is 62.3 Å². The van der Waals surface area contributed by atoms with Gasteiger partial charge in [0.2, 0.25) is 0 Å². The molecule has 0 radical (unpaired) electrons. The SMILES string of the molecule is CCCCCCNC(=O)c1cc(C2C3CC4CC(C3)CC2C4)c2ccccc2n1. The normalized spacial score (nSPS) is 30.0. The molecule has 2 aromatic rings. The molecule has 0 atom stereocenters. The number of carbonyl (C=O) groups excluding carboxylic acids is 1. The van der Waals surface area contributed by atoms with Crippen LogP contribution in [0.3, 0.4) is 0 Å². The van der Waals surface area contributed by atoms with E-state index in [-0.39, 0.29) is 5.91 Å². The quantitative estimate of drug-likeness (QED) is 0.582. The highest BCUT2D eigenvalue weighted by atomic mass is 16.1. The minimum absolute atomic E-state index is 0.00248. The van der Waals surface area contributed by atoms with Gasteiger partial charge in [-0.25, -0.2) is 4.98 Å². The first-order chi connectivity index (χ1) is 14.2. The molecule has 1 heterocycles. The number of aromatic nitrogens is 1. The number of hydrogen-bond donors (Lipinski definition) is 1. The number of nitrogens with one attached hydrogen (secondary N) is 1. The molecule has 0 aliphatic heterocycles. The van der Waals surface area contributed by atoms with E-state index in [1.807, 2.05) is 6.07 Å². The summed E-state index contributed by atoms with van der Waals surface area (Å²) >= 11 is 0. The van der Waals surface area contributed by atoms with Crippen LogP contribution in [-0.2, 0) is 0 Å². The molecule has 4 saturated carbocycles. The van der Waals surface area contributed by atoms with Gasteiger partial charge in [0.15, 0.2) is 0 Å². The number of hydrogen-bond acceptors (Lipinski definition) is 2. The van der Waals surface area contributed by atoms with Gasteiger partial charge >= 0.3 is 0 Å². The minimum atomic E-state index is -0.00248. The van der Waals surface area contributed by atoms with Crippen molar-refractivity contribution in [1.82, 2.24) is 10.3 Å². The summed E-state index contributed by atoms with van der Waals surface area (Å²) in [5.74, 6) is 4.16. The average Bonchev–Trinajstić information content (AvgIpc) is 2.72. The average molecular weight is 391 g/mol. The van der Waals surface area contributed by atoms with Gasteiger partial charge < -0.3 is 5.32 Å². The van der Waals surface area contributed by atoms with Gasteiger partial charge in [-0.05, 0) is 85.8 Å². The molecule has 1 amide bonds. The minimum Gasteiger partial charge on any atom is -0.351 e. The molecule has 1 aromatic carbocycles. The molecule has 3 nitrogen and oxygen atoms in total. The third-order valence-corrected chi connectivity index (χ3v) is 7.88. The van der Waals surface area contributed by atoms with Crippen LogP contribution in [0.2, 0.25) is 0 Å². The Morgan fingerprint density at radius 3 is 2.45 bits per heavy atom. The Balaban J connectivity index is 1.43. The van der Waals surface area contributed by atoms with Gasteiger partial charge in [0.05, 0.1) is 5.52 Å². The maximum atomic E-state index is 12.9. The first kappa shape index (κ1) is 19.1. The van der Waals surface area contributed by atoms with Gasteiger partial charge in [-0.2, -0.15) is 0 Å². The van der Waals surface area contributed by atoms with E-state index in [0.717, 1.165) is 42.2 Å². The number of amides is 1. The fourth-order valence-corrected chi connectivity index (χ4v) is 6.87. The first-order valence-corrected chi connectivity index (χ1v) is 11.9. The Hall–Kier alpha value is -1.90. The standard InChI is InChI=1S/C26H34N2O/c1-2-3-4-7-10-27-26(29)24-16-22(21-8-5-6-9-23(21)28-24)25-19-12-17-11-18(14-19)15-20(25)13-17/h5-6,8-9,16-20,25H,2-4,7,10-15H2,1H3,(H,27,29). The first-order valence-electron chi connectivity index (χ1n) is 11.9. The largest absolute Gasteiger partial charge is 0.351 e. The number of nitrogens with zero attached hydrogens (tertiary/aromatic N) is 1. The molecule has 4 aliphatic rings. The molecule has 0 unspecified atom stereocenters. The van der Waals surface area contributed by atoms with E-state index >= 15 is 0 Å². The second-order valence-corrected chi connectivity index (χ2v) is 9.89. The molecule has 0 spiro atoms. The fraction of sp³-hybridized carbons (Fsp3) is 0.615. The number of carbonyl (C=O) groups is 1. The van der Waals surface area contributed by atoms with Crippen LogP contribution in [-0.4, -0.2) is 17.4 Å². The van der Waals surface area contributed by atoms with Crippen molar-refractivity contribution in [2.75, 3.05) is 6.54 Å². The summed E-state index contributed by atoms with van der Waals surface area (Å²) in [6, 6.07) is 10.6. The van der Waals surface area contributed by atoms with Crippen LogP contribution in [0, 0.1) is 23.7 Å². The zero-order valence-corrected chi connectivity index (χ0v) is 17.7. The molecule has 3 heteroatoms. The molecule has 4 aliphatic carbocycles. The van der Waals surface area contributed by atoms with Gasteiger partial charge in [0.1, 0.15) is 5.69 Å². The Bertz CT molecular complexity index is 861. The lowest BCUT2D eigenvalue weighted by molar-refractivity contribution is -0.00234. The maximum absolute atomic E-state index is 12.9. The molecular formula is C26H34N2O. The van der Waals surface area contributed by atoms with Gasteiger partial charge in [0.25, 0.3) is 5.91 Å². The van der Waals surface area contributed by atoms with Crippen LogP contribution >= 0.6 is 0 Å². The number of para-hydroxylation sites is 1. The van der Waals surface area contributed by atoms with Gasteiger partial charge in [-0.15, -0.1) is 0 Å². The summed E-state index contributed by atoms with van der Waals surface area (Å²) in [7, 11) is 0. The summed E-state index contributed by atoms with van der Waals surface area (Å²) in [6.45, 7) is 2.96. The number of fused-ring (bicyclic) bond motifs is 1. The molecule has 29 heavy (non-hydrogen) atoms.